The second-order valence-corrected chi connectivity index (χ2v) is 8.50. The van der Waals surface area contributed by atoms with Crippen molar-refractivity contribution in [2.24, 2.45) is 5.10 Å². The van der Waals surface area contributed by atoms with Gasteiger partial charge in [-0.1, -0.05) is 70.8 Å². The molecular weight excluding hydrogens is 446 g/mol. The summed E-state index contributed by atoms with van der Waals surface area (Å²) < 4.78 is 3.15. The second-order valence-electron chi connectivity index (χ2n) is 6.73. The topological polar surface area (TPSA) is 47.2 Å². The molecule has 3 aromatic rings. The molecule has 0 N–H and O–H groups in total. The molecule has 0 atom stereocenters. The van der Waals surface area contributed by atoms with Crippen LogP contribution in [0.5, 0.6) is 0 Å². The highest BCUT2D eigenvalue weighted by Gasteiger charge is 2.22. The van der Waals surface area contributed by atoms with E-state index in [0.29, 0.717) is 16.7 Å². The van der Waals surface area contributed by atoms with Crippen LogP contribution in [0, 0.1) is 0 Å². The van der Waals surface area contributed by atoms with Gasteiger partial charge in [0, 0.05) is 19.9 Å². The molecule has 0 aliphatic heterocycles. The van der Waals surface area contributed by atoms with Crippen LogP contribution in [0.2, 0.25) is 0 Å². The van der Waals surface area contributed by atoms with Crippen LogP contribution in [-0.4, -0.2) is 15.9 Å². The number of hydrogen-bond acceptors (Lipinski definition) is 3. The highest BCUT2D eigenvalue weighted by Crippen LogP contribution is 2.23. The van der Waals surface area contributed by atoms with E-state index in [-0.39, 0.29) is 11.0 Å². The van der Waals surface area contributed by atoms with E-state index in [1.807, 2.05) is 57.2 Å². The van der Waals surface area contributed by atoms with Crippen molar-refractivity contribution in [3.05, 3.63) is 73.2 Å². The summed E-state index contributed by atoms with van der Waals surface area (Å²) in [7, 11) is 0. The molecule has 2 aromatic carbocycles. The van der Waals surface area contributed by atoms with Crippen molar-refractivity contribution in [1.82, 2.24) is 9.66 Å². The van der Waals surface area contributed by atoms with Crippen molar-refractivity contribution in [3.8, 4) is 0 Å². The van der Waals surface area contributed by atoms with E-state index in [1.54, 1.807) is 12.3 Å². The Labute approximate surface area is 162 Å². The third-order valence-electron chi connectivity index (χ3n) is 3.70. The van der Waals surface area contributed by atoms with Crippen LogP contribution in [0.3, 0.4) is 0 Å². The largest absolute Gasteiger partial charge is 0.282 e. The highest BCUT2D eigenvalue weighted by atomic mass is 79.9. The van der Waals surface area contributed by atoms with Crippen molar-refractivity contribution < 1.29 is 0 Å². The fourth-order valence-corrected chi connectivity index (χ4v) is 3.19. The minimum Gasteiger partial charge on any atom is -0.267 e. The van der Waals surface area contributed by atoms with Gasteiger partial charge in [0.05, 0.1) is 17.1 Å². The lowest BCUT2D eigenvalue weighted by atomic mass is 9.95. The molecule has 0 aliphatic rings. The van der Waals surface area contributed by atoms with Crippen molar-refractivity contribution in [1.29, 1.82) is 0 Å². The molecule has 1 heterocycles. The Morgan fingerprint density at radius 1 is 1.12 bits per heavy atom. The standard InChI is InChI=1S/C19H17Br2N3O/c1-19(2,3)18-23-16-9-8-13(20)10-14(16)17(25)24(18)22-11-12-6-4-5-7-15(12)21/h4-11H,1-3H3. The van der Waals surface area contributed by atoms with Crippen LogP contribution in [0.25, 0.3) is 10.9 Å². The molecule has 128 valence electrons. The minimum absolute atomic E-state index is 0.181. The second kappa shape index (κ2) is 6.84. The summed E-state index contributed by atoms with van der Waals surface area (Å²) in [5.41, 5.74) is 1.06. The van der Waals surface area contributed by atoms with E-state index >= 15 is 0 Å². The number of rotatable bonds is 2. The molecule has 0 saturated heterocycles. The Kier molecular flexibility index (Phi) is 4.93. The van der Waals surface area contributed by atoms with Gasteiger partial charge in [0.2, 0.25) is 0 Å². The minimum atomic E-state index is -0.328. The van der Waals surface area contributed by atoms with Crippen LogP contribution < -0.4 is 5.56 Å². The zero-order chi connectivity index (χ0) is 18.2. The molecule has 0 fully saturated rings. The third kappa shape index (κ3) is 3.75. The van der Waals surface area contributed by atoms with Gasteiger partial charge in [-0.2, -0.15) is 9.78 Å². The number of nitrogens with zero attached hydrogens (tertiary/aromatic N) is 3. The Hall–Kier alpha value is -1.79. The number of benzene rings is 2. The van der Waals surface area contributed by atoms with Gasteiger partial charge in [-0.15, -0.1) is 0 Å². The average molecular weight is 463 g/mol. The number of hydrogen-bond donors (Lipinski definition) is 0. The van der Waals surface area contributed by atoms with Crippen molar-refractivity contribution in [2.45, 2.75) is 26.2 Å². The smallest absolute Gasteiger partial charge is 0.267 e. The van der Waals surface area contributed by atoms with Gasteiger partial charge in [0.15, 0.2) is 0 Å². The SMILES string of the molecule is CC(C)(C)c1nc2ccc(Br)cc2c(=O)n1N=Cc1ccccc1Br. The lowest BCUT2D eigenvalue weighted by Gasteiger charge is -2.20. The summed E-state index contributed by atoms with van der Waals surface area (Å²) in [5.74, 6) is 0.621. The van der Waals surface area contributed by atoms with Gasteiger partial charge in [0.25, 0.3) is 5.56 Å². The zero-order valence-electron chi connectivity index (χ0n) is 14.1. The van der Waals surface area contributed by atoms with Crippen LogP contribution in [0.1, 0.15) is 32.2 Å². The molecule has 0 unspecified atom stereocenters. The van der Waals surface area contributed by atoms with Crippen LogP contribution in [0.15, 0.2) is 61.3 Å². The predicted octanol–water partition coefficient (Wildman–Crippen LogP) is 5.10. The summed E-state index contributed by atoms with van der Waals surface area (Å²) in [4.78, 5) is 17.7. The summed E-state index contributed by atoms with van der Waals surface area (Å²) in [6, 6.07) is 13.2. The van der Waals surface area contributed by atoms with Crippen LogP contribution in [-0.2, 0) is 5.41 Å². The first-order valence-electron chi connectivity index (χ1n) is 7.79. The normalized spacial score (nSPS) is 12.2. The molecule has 25 heavy (non-hydrogen) atoms. The Morgan fingerprint density at radius 2 is 1.84 bits per heavy atom. The summed E-state index contributed by atoms with van der Waals surface area (Å²) in [5, 5.41) is 4.99. The number of aromatic nitrogens is 2. The van der Waals surface area contributed by atoms with Crippen molar-refractivity contribution >= 4 is 49.0 Å². The van der Waals surface area contributed by atoms with Gasteiger partial charge >= 0.3 is 0 Å². The van der Waals surface area contributed by atoms with E-state index in [9.17, 15) is 4.79 Å². The van der Waals surface area contributed by atoms with E-state index in [4.69, 9.17) is 4.98 Å². The van der Waals surface area contributed by atoms with E-state index in [2.05, 4.69) is 37.0 Å². The third-order valence-corrected chi connectivity index (χ3v) is 4.91. The van der Waals surface area contributed by atoms with Gasteiger partial charge in [-0.3, -0.25) is 4.79 Å². The number of fused-ring (bicyclic) bond motifs is 1. The fourth-order valence-electron chi connectivity index (χ4n) is 2.44. The van der Waals surface area contributed by atoms with Gasteiger partial charge in [-0.25, -0.2) is 4.98 Å². The van der Waals surface area contributed by atoms with Crippen LogP contribution in [0.4, 0.5) is 0 Å². The Balaban J connectivity index is 2.26. The van der Waals surface area contributed by atoms with Crippen LogP contribution >= 0.6 is 31.9 Å². The highest BCUT2D eigenvalue weighted by molar-refractivity contribution is 9.10. The number of halogens is 2. The van der Waals surface area contributed by atoms with E-state index < -0.39 is 0 Å². The quantitative estimate of drug-likeness (QED) is 0.497. The maximum absolute atomic E-state index is 13.0. The lowest BCUT2D eigenvalue weighted by molar-refractivity contribution is 0.506. The van der Waals surface area contributed by atoms with E-state index in [1.165, 1.54) is 4.68 Å². The monoisotopic (exact) mass is 461 g/mol. The molecule has 0 saturated carbocycles. The lowest BCUT2D eigenvalue weighted by Crippen LogP contribution is -2.29. The van der Waals surface area contributed by atoms with E-state index in [0.717, 1.165) is 14.5 Å². The molecule has 0 bridgehead atoms. The summed E-state index contributed by atoms with van der Waals surface area (Å²) in [6.45, 7) is 6.05. The molecule has 1 aromatic heterocycles. The first-order valence-corrected chi connectivity index (χ1v) is 9.37. The maximum atomic E-state index is 13.0. The van der Waals surface area contributed by atoms with Gasteiger partial charge < -0.3 is 0 Å². The first-order chi connectivity index (χ1) is 11.8. The fraction of sp³-hybridized carbons (Fsp3) is 0.211. The van der Waals surface area contributed by atoms with Crippen molar-refractivity contribution in [2.75, 3.05) is 0 Å². The first kappa shape index (κ1) is 18.0. The predicted molar refractivity (Wildman–Crippen MR) is 110 cm³/mol. The average Bonchev–Trinajstić information content (AvgIpc) is 2.55. The maximum Gasteiger partial charge on any atom is 0.282 e. The Morgan fingerprint density at radius 3 is 2.52 bits per heavy atom. The van der Waals surface area contributed by atoms with Gasteiger partial charge in [0.1, 0.15) is 5.82 Å². The Bertz CT molecular complexity index is 1030. The molecule has 6 heteroatoms. The molecule has 0 amide bonds. The molecule has 4 nitrogen and oxygen atoms in total. The molecule has 0 spiro atoms. The van der Waals surface area contributed by atoms with Gasteiger partial charge in [-0.05, 0) is 24.3 Å². The molecule has 3 rings (SSSR count). The molecule has 0 aliphatic carbocycles. The summed E-state index contributed by atoms with van der Waals surface area (Å²) >= 11 is 6.91. The van der Waals surface area contributed by atoms with Crippen molar-refractivity contribution in [3.63, 3.8) is 0 Å². The summed E-state index contributed by atoms with van der Waals surface area (Å²) in [6.07, 6.45) is 1.67. The molecular formula is C19H17Br2N3O. The molecule has 0 radical (unpaired) electrons. The zero-order valence-corrected chi connectivity index (χ0v) is 17.3.